The summed E-state index contributed by atoms with van der Waals surface area (Å²) in [7, 11) is 0. The zero-order valence-electron chi connectivity index (χ0n) is 26.9. The van der Waals surface area contributed by atoms with Gasteiger partial charge in [0.25, 0.3) is 0 Å². The predicted molar refractivity (Wildman–Crippen MR) is 189 cm³/mol. The highest BCUT2D eigenvalue weighted by atomic mass is 19.4. The maximum atomic E-state index is 14.8. The first-order valence-corrected chi connectivity index (χ1v) is 15.8. The summed E-state index contributed by atoms with van der Waals surface area (Å²) >= 11 is 0. The number of aromatic nitrogens is 2. The van der Waals surface area contributed by atoms with Crippen LogP contribution in [0.3, 0.4) is 0 Å². The molecule has 0 fully saturated rings. The van der Waals surface area contributed by atoms with Gasteiger partial charge in [0.1, 0.15) is 0 Å². The first kappa shape index (κ1) is 29.1. The summed E-state index contributed by atoms with van der Waals surface area (Å²) in [5, 5.41) is 4.37. The Morgan fingerprint density at radius 3 is 1.15 bits per heavy atom. The van der Waals surface area contributed by atoms with E-state index in [1.807, 2.05) is 39.0 Å². The van der Waals surface area contributed by atoms with Crippen LogP contribution < -0.4 is 0 Å². The molecule has 0 unspecified atom stereocenters. The summed E-state index contributed by atoms with van der Waals surface area (Å²) in [6.45, 7) is 10.1. The Morgan fingerprint density at radius 1 is 0.404 bits per heavy atom. The van der Waals surface area contributed by atoms with Crippen molar-refractivity contribution in [2.75, 3.05) is 0 Å². The Kier molecular flexibility index (Phi) is 6.42. The average molecular weight is 623 g/mol. The molecule has 47 heavy (non-hydrogen) atoms. The summed E-state index contributed by atoms with van der Waals surface area (Å²) < 4.78 is 48.7. The number of aryl methyl sites for hydroxylation is 5. The molecule has 8 aromatic rings. The van der Waals surface area contributed by atoms with Gasteiger partial charge in [-0.25, -0.2) is 0 Å². The molecule has 0 aliphatic rings. The van der Waals surface area contributed by atoms with Gasteiger partial charge >= 0.3 is 6.18 Å². The minimum Gasteiger partial charge on any atom is -0.309 e. The minimum atomic E-state index is -4.54. The van der Waals surface area contributed by atoms with Crippen LogP contribution >= 0.6 is 0 Å². The zero-order chi connectivity index (χ0) is 32.8. The van der Waals surface area contributed by atoms with Crippen molar-refractivity contribution < 1.29 is 13.2 Å². The molecule has 0 saturated heterocycles. The van der Waals surface area contributed by atoms with Gasteiger partial charge in [-0.15, -0.1) is 0 Å². The molecule has 0 radical (unpaired) electrons. The SMILES string of the molecule is Cc1ccc2c3ccc(C)cc3n(-c3ccc(C)c(-c4cc(-n5c6cc(C)ccc6c6ccc(C)cc65)ccc4C(F)(F)F)c3)c2c1. The van der Waals surface area contributed by atoms with Crippen molar-refractivity contribution in [3.63, 3.8) is 0 Å². The summed E-state index contributed by atoms with van der Waals surface area (Å²) in [5.41, 5.74) is 10.8. The van der Waals surface area contributed by atoms with Gasteiger partial charge in [-0.2, -0.15) is 13.2 Å². The molecule has 2 nitrogen and oxygen atoms in total. The van der Waals surface area contributed by atoms with E-state index in [-0.39, 0.29) is 5.56 Å². The Hall–Kier alpha value is -5.29. The van der Waals surface area contributed by atoms with E-state index in [9.17, 15) is 13.2 Å². The van der Waals surface area contributed by atoms with Crippen LogP contribution in [0.15, 0.2) is 109 Å². The molecule has 0 aliphatic carbocycles. The first-order chi connectivity index (χ1) is 22.5. The molecule has 2 heterocycles. The van der Waals surface area contributed by atoms with Crippen LogP contribution in [-0.4, -0.2) is 9.13 Å². The van der Waals surface area contributed by atoms with Crippen LogP contribution in [0.2, 0.25) is 0 Å². The van der Waals surface area contributed by atoms with Crippen molar-refractivity contribution in [2.45, 2.75) is 40.8 Å². The highest BCUT2D eigenvalue weighted by Gasteiger charge is 2.34. The fourth-order valence-corrected chi connectivity index (χ4v) is 7.21. The van der Waals surface area contributed by atoms with Crippen LogP contribution in [0.25, 0.3) is 66.1 Å². The van der Waals surface area contributed by atoms with Crippen LogP contribution in [-0.2, 0) is 6.18 Å². The topological polar surface area (TPSA) is 9.86 Å². The molecule has 0 amide bonds. The van der Waals surface area contributed by atoms with Gasteiger partial charge in [-0.3, -0.25) is 0 Å². The molecule has 0 saturated carbocycles. The summed E-state index contributed by atoms with van der Waals surface area (Å²) in [4.78, 5) is 0. The Balaban J connectivity index is 1.42. The van der Waals surface area contributed by atoms with E-state index in [1.54, 1.807) is 12.1 Å². The normalized spacial score (nSPS) is 12.3. The van der Waals surface area contributed by atoms with E-state index in [0.717, 1.165) is 77.1 Å². The molecule has 232 valence electrons. The van der Waals surface area contributed by atoms with Crippen molar-refractivity contribution >= 4 is 43.6 Å². The lowest BCUT2D eigenvalue weighted by Crippen LogP contribution is -2.09. The second-order valence-electron chi connectivity index (χ2n) is 13.0. The number of alkyl halides is 3. The van der Waals surface area contributed by atoms with Gasteiger partial charge in [0, 0.05) is 32.9 Å². The smallest absolute Gasteiger partial charge is 0.309 e. The van der Waals surface area contributed by atoms with Crippen molar-refractivity contribution in [1.29, 1.82) is 0 Å². The molecule has 0 atom stereocenters. The number of benzene rings is 6. The molecule has 8 rings (SSSR count). The lowest BCUT2D eigenvalue weighted by molar-refractivity contribution is -0.137. The second kappa shape index (κ2) is 10.4. The number of fused-ring (bicyclic) bond motifs is 6. The fraction of sp³-hybridized carbons (Fsp3) is 0.143. The molecule has 6 aromatic carbocycles. The summed E-state index contributed by atoms with van der Waals surface area (Å²) in [5.74, 6) is 0. The van der Waals surface area contributed by atoms with E-state index in [2.05, 4.69) is 95.8 Å². The Labute approximate surface area is 271 Å². The van der Waals surface area contributed by atoms with E-state index in [0.29, 0.717) is 11.3 Å². The molecule has 0 bridgehead atoms. The second-order valence-corrected chi connectivity index (χ2v) is 13.0. The van der Waals surface area contributed by atoms with Gasteiger partial charge in [-0.05, 0) is 128 Å². The molecular weight excluding hydrogens is 589 g/mol. The van der Waals surface area contributed by atoms with Crippen molar-refractivity contribution in [3.05, 3.63) is 143 Å². The van der Waals surface area contributed by atoms with E-state index < -0.39 is 11.7 Å². The largest absolute Gasteiger partial charge is 0.417 e. The standard InChI is InChI=1S/C42H33F3N2/c1-24-6-13-31-32-14-7-25(2)19-39(32)46(38(31)18-24)29-11-10-28(5)35(22-29)36-23-30(12-17-37(36)42(43,44)45)47-40-20-26(3)8-15-33(40)34-16-9-27(4)21-41(34)47/h6-23H,1-5H3. The van der Waals surface area contributed by atoms with Gasteiger partial charge in [0.05, 0.1) is 27.6 Å². The number of halogens is 3. The highest BCUT2D eigenvalue weighted by molar-refractivity contribution is 6.10. The maximum Gasteiger partial charge on any atom is 0.417 e. The Morgan fingerprint density at radius 2 is 0.766 bits per heavy atom. The first-order valence-electron chi connectivity index (χ1n) is 15.8. The molecular formula is C42H33F3N2. The lowest BCUT2D eigenvalue weighted by atomic mass is 9.94. The third-order valence-electron chi connectivity index (χ3n) is 9.49. The molecule has 0 spiro atoms. The van der Waals surface area contributed by atoms with Crippen molar-refractivity contribution in [1.82, 2.24) is 9.13 Å². The summed E-state index contributed by atoms with van der Waals surface area (Å²) in [6, 6.07) is 35.8. The zero-order valence-corrected chi connectivity index (χ0v) is 26.9. The number of nitrogens with zero attached hydrogens (tertiary/aromatic N) is 2. The van der Waals surface area contributed by atoms with Gasteiger partial charge in [0.15, 0.2) is 0 Å². The minimum absolute atomic E-state index is 0.165. The number of hydrogen-bond donors (Lipinski definition) is 0. The van der Waals surface area contributed by atoms with E-state index in [1.165, 1.54) is 6.07 Å². The fourth-order valence-electron chi connectivity index (χ4n) is 7.21. The molecule has 2 aromatic heterocycles. The summed E-state index contributed by atoms with van der Waals surface area (Å²) in [6.07, 6.45) is -4.54. The third-order valence-corrected chi connectivity index (χ3v) is 9.49. The predicted octanol–water partition coefficient (Wildman–Crippen LogP) is 12.1. The number of rotatable bonds is 3. The molecule has 0 aliphatic heterocycles. The Bertz CT molecular complexity index is 2440. The van der Waals surface area contributed by atoms with E-state index in [4.69, 9.17) is 0 Å². The average Bonchev–Trinajstić information content (AvgIpc) is 3.51. The van der Waals surface area contributed by atoms with Crippen LogP contribution in [0.1, 0.15) is 33.4 Å². The monoisotopic (exact) mass is 622 g/mol. The quantitative estimate of drug-likeness (QED) is 0.186. The molecule has 0 N–H and O–H groups in total. The van der Waals surface area contributed by atoms with Gasteiger partial charge in [0.2, 0.25) is 0 Å². The van der Waals surface area contributed by atoms with Crippen molar-refractivity contribution in [3.8, 4) is 22.5 Å². The van der Waals surface area contributed by atoms with Crippen LogP contribution in [0, 0.1) is 34.6 Å². The number of hydrogen-bond acceptors (Lipinski definition) is 0. The highest BCUT2D eigenvalue weighted by Crippen LogP contribution is 2.42. The third kappa shape index (κ3) is 4.64. The van der Waals surface area contributed by atoms with Crippen LogP contribution in [0.5, 0.6) is 0 Å². The van der Waals surface area contributed by atoms with Crippen LogP contribution in [0.4, 0.5) is 13.2 Å². The van der Waals surface area contributed by atoms with Gasteiger partial charge in [-0.1, -0.05) is 54.6 Å². The van der Waals surface area contributed by atoms with E-state index >= 15 is 0 Å². The molecule has 5 heteroatoms. The lowest BCUT2D eigenvalue weighted by Gasteiger charge is -2.19. The van der Waals surface area contributed by atoms with Gasteiger partial charge < -0.3 is 9.13 Å². The maximum absolute atomic E-state index is 14.8. The van der Waals surface area contributed by atoms with Crippen molar-refractivity contribution in [2.24, 2.45) is 0 Å².